The van der Waals surface area contributed by atoms with Crippen LogP contribution in [0.4, 0.5) is 19.3 Å². The Bertz CT molecular complexity index is 440. The zero-order valence-corrected chi connectivity index (χ0v) is 9.35. The van der Waals surface area contributed by atoms with Crippen molar-refractivity contribution in [1.29, 1.82) is 0 Å². The fraction of sp³-hybridized carbons (Fsp3) is 0.200. The first-order valence-corrected chi connectivity index (χ1v) is 5.18. The second kappa shape index (κ2) is 6.15. The number of hydrogen-bond acceptors (Lipinski definition) is 2. The number of nitrogens with one attached hydrogen (secondary N) is 2. The summed E-state index contributed by atoms with van der Waals surface area (Å²) in [5.74, 6) is -2.58. The second-order valence-electron chi connectivity index (χ2n) is 3.07. The smallest absolute Gasteiger partial charge is 0.308 e. The molecule has 1 aromatic carbocycles. The van der Waals surface area contributed by atoms with Crippen LogP contribution in [0, 0.1) is 11.6 Å². The van der Waals surface area contributed by atoms with E-state index in [4.69, 9.17) is 11.6 Å². The van der Waals surface area contributed by atoms with Crippen LogP contribution in [-0.2, 0) is 4.79 Å². The van der Waals surface area contributed by atoms with E-state index in [0.29, 0.717) is 0 Å². The molecule has 17 heavy (non-hydrogen) atoms. The summed E-state index contributed by atoms with van der Waals surface area (Å²) in [7, 11) is 0. The fourth-order valence-electron chi connectivity index (χ4n) is 1.01. The maximum Gasteiger partial charge on any atom is 0.325 e. The summed E-state index contributed by atoms with van der Waals surface area (Å²) < 4.78 is 25.4. The lowest BCUT2D eigenvalue weighted by Gasteiger charge is -2.06. The number of urea groups is 1. The normalized spacial score (nSPS) is 9.82. The van der Waals surface area contributed by atoms with Gasteiger partial charge in [0.25, 0.3) is 0 Å². The SMILES string of the molecule is O=C(CCCl)NC(=O)Nc1ccc(F)c(F)c1. The van der Waals surface area contributed by atoms with Crippen LogP contribution in [0.2, 0.25) is 0 Å². The molecule has 0 unspecified atom stereocenters. The summed E-state index contributed by atoms with van der Waals surface area (Å²) in [6, 6.07) is 2.02. The molecule has 7 heteroatoms. The van der Waals surface area contributed by atoms with Gasteiger partial charge in [0.05, 0.1) is 0 Å². The average Bonchev–Trinajstić information content (AvgIpc) is 2.23. The molecule has 1 rings (SSSR count). The van der Waals surface area contributed by atoms with Crippen LogP contribution in [0.1, 0.15) is 6.42 Å². The second-order valence-corrected chi connectivity index (χ2v) is 3.45. The molecule has 0 heterocycles. The Balaban J connectivity index is 2.56. The third kappa shape index (κ3) is 4.36. The number of rotatable bonds is 3. The lowest BCUT2D eigenvalue weighted by Crippen LogP contribution is -2.34. The highest BCUT2D eigenvalue weighted by Gasteiger charge is 2.08. The van der Waals surface area contributed by atoms with Crippen LogP contribution >= 0.6 is 11.6 Å². The number of carbonyl (C=O) groups excluding carboxylic acids is 2. The van der Waals surface area contributed by atoms with Crippen LogP contribution < -0.4 is 10.6 Å². The molecule has 1 aromatic rings. The highest BCUT2D eigenvalue weighted by molar-refractivity contribution is 6.19. The standard InChI is InChI=1S/C10H9ClF2N2O2/c11-4-3-9(16)15-10(17)14-6-1-2-7(12)8(13)5-6/h1-2,5H,3-4H2,(H2,14,15,16,17). The van der Waals surface area contributed by atoms with Gasteiger partial charge in [0.1, 0.15) is 0 Å². The number of carbonyl (C=O) groups is 2. The summed E-state index contributed by atoms with van der Waals surface area (Å²) in [5.41, 5.74) is 0.0417. The van der Waals surface area contributed by atoms with Gasteiger partial charge in [0, 0.05) is 24.1 Å². The van der Waals surface area contributed by atoms with Crippen LogP contribution in [0.5, 0.6) is 0 Å². The van der Waals surface area contributed by atoms with Gasteiger partial charge in [0.15, 0.2) is 11.6 Å². The molecule has 2 N–H and O–H groups in total. The fourth-order valence-corrected chi connectivity index (χ4v) is 1.18. The van der Waals surface area contributed by atoms with E-state index in [0.717, 1.165) is 12.1 Å². The van der Waals surface area contributed by atoms with Gasteiger partial charge in [0.2, 0.25) is 5.91 Å². The lowest BCUT2D eigenvalue weighted by molar-refractivity contribution is -0.119. The number of hydrogen-bond donors (Lipinski definition) is 2. The van der Waals surface area contributed by atoms with Gasteiger partial charge in [-0.15, -0.1) is 11.6 Å². The van der Waals surface area contributed by atoms with Crippen molar-refractivity contribution in [2.24, 2.45) is 0 Å². The van der Waals surface area contributed by atoms with E-state index in [2.05, 4.69) is 5.32 Å². The van der Waals surface area contributed by atoms with Crippen molar-refractivity contribution >= 4 is 29.2 Å². The minimum atomic E-state index is -1.09. The molecule has 92 valence electrons. The molecule has 0 fully saturated rings. The highest BCUT2D eigenvalue weighted by atomic mass is 35.5. The molecule has 0 aliphatic carbocycles. The molecule has 0 saturated heterocycles. The van der Waals surface area contributed by atoms with E-state index in [1.165, 1.54) is 6.07 Å². The van der Waals surface area contributed by atoms with Crippen molar-refractivity contribution in [3.63, 3.8) is 0 Å². The number of alkyl halides is 1. The van der Waals surface area contributed by atoms with E-state index in [1.807, 2.05) is 5.32 Å². The molecular formula is C10H9ClF2N2O2. The summed E-state index contributed by atoms with van der Waals surface area (Å²) in [6.45, 7) is 0. The number of benzene rings is 1. The predicted molar refractivity (Wildman–Crippen MR) is 58.9 cm³/mol. The molecule has 0 saturated carbocycles. The van der Waals surface area contributed by atoms with Crippen molar-refractivity contribution < 1.29 is 18.4 Å². The Kier molecular flexibility index (Phi) is 4.84. The zero-order chi connectivity index (χ0) is 12.8. The Morgan fingerprint density at radius 3 is 2.53 bits per heavy atom. The first-order chi connectivity index (χ1) is 8.02. The maximum absolute atomic E-state index is 12.8. The highest BCUT2D eigenvalue weighted by Crippen LogP contribution is 2.12. The van der Waals surface area contributed by atoms with Crippen molar-refractivity contribution in [3.05, 3.63) is 29.8 Å². The number of amides is 3. The van der Waals surface area contributed by atoms with Crippen molar-refractivity contribution in [1.82, 2.24) is 5.32 Å². The van der Waals surface area contributed by atoms with Crippen LogP contribution in [0.25, 0.3) is 0 Å². The number of imide groups is 1. The van der Waals surface area contributed by atoms with Gasteiger partial charge in [-0.2, -0.15) is 0 Å². The maximum atomic E-state index is 12.8. The molecule has 0 bridgehead atoms. The average molecular weight is 263 g/mol. The Labute approximate surface area is 101 Å². The molecular weight excluding hydrogens is 254 g/mol. The summed E-state index contributed by atoms with van der Waals surface area (Å²) in [4.78, 5) is 22.2. The van der Waals surface area contributed by atoms with Gasteiger partial charge in [-0.3, -0.25) is 10.1 Å². The van der Waals surface area contributed by atoms with Gasteiger partial charge in [-0.05, 0) is 12.1 Å². The van der Waals surface area contributed by atoms with Gasteiger partial charge >= 0.3 is 6.03 Å². The molecule has 0 atom stereocenters. The summed E-state index contributed by atoms with van der Waals surface area (Å²) in [6.07, 6.45) is -0.00719. The van der Waals surface area contributed by atoms with Gasteiger partial charge < -0.3 is 5.32 Å². The molecule has 0 spiro atoms. The third-order valence-electron chi connectivity index (χ3n) is 1.75. The van der Waals surface area contributed by atoms with Gasteiger partial charge in [-0.25, -0.2) is 13.6 Å². The summed E-state index contributed by atoms with van der Waals surface area (Å²) in [5, 5.41) is 4.15. The summed E-state index contributed by atoms with van der Waals surface area (Å²) >= 11 is 5.29. The van der Waals surface area contributed by atoms with Crippen LogP contribution in [0.3, 0.4) is 0 Å². The Hall–Kier alpha value is -1.69. The minimum Gasteiger partial charge on any atom is -0.308 e. The molecule has 0 aliphatic heterocycles. The molecule has 0 aromatic heterocycles. The monoisotopic (exact) mass is 262 g/mol. The van der Waals surface area contributed by atoms with E-state index < -0.39 is 23.6 Å². The van der Waals surface area contributed by atoms with E-state index in [-0.39, 0.29) is 18.0 Å². The molecule has 4 nitrogen and oxygen atoms in total. The van der Waals surface area contributed by atoms with Crippen LogP contribution in [-0.4, -0.2) is 17.8 Å². The quantitative estimate of drug-likeness (QED) is 0.821. The molecule has 0 aliphatic rings. The van der Waals surface area contributed by atoms with Crippen molar-refractivity contribution in [2.75, 3.05) is 11.2 Å². The zero-order valence-electron chi connectivity index (χ0n) is 8.60. The van der Waals surface area contributed by atoms with Gasteiger partial charge in [-0.1, -0.05) is 0 Å². The largest absolute Gasteiger partial charge is 0.325 e. The molecule has 3 amide bonds. The number of anilines is 1. The minimum absolute atomic E-state index is 0.00719. The third-order valence-corrected chi connectivity index (χ3v) is 1.94. The number of halogens is 3. The van der Waals surface area contributed by atoms with E-state index in [1.54, 1.807) is 0 Å². The topological polar surface area (TPSA) is 58.2 Å². The lowest BCUT2D eigenvalue weighted by atomic mass is 10.3. The van der Waals surface area contributed by atoms with Crippen molar-refractivity contribution in [2.45, 2.75) is 6.42 Å². The molecule has 0 radical (unpaired) electrons. The van der Waals surface area contributed by atoms with Crippen LogP contribution in [0.15, 0.2) is 18.2 Å². The Morgan fingerprint density at radius 2 is 1.94 bits per heavy atom. The Morgan fingerprint density at radius 1 is 1.24 bits per heavy atom. The van der Waals surface area contributed by atoms with E-state index in [9.17, 15) is 18.4 Å². The van der Waals surface area contributed by atoms with E-state index >= 15 is 0 Å². The first-order valence-electron chi connectivity index (χ1n) is 4.65. The van der Waals surface area contributed by atoms with Crippen molar-refractivity contribution in [3.8, 4) is 0 Å². The predicted octanol–water partition coefficient (Wildman–Crippen LogP) is 2.24. The first kappa shape index (κ1) is 13.4.